The summed E-state index contributed by atoms with van der Waals surface area (Å²) in [6.07, 6.45) is 0. The highest BCUT2D eigenvalue weighted by molar-refractivity contribution is 7.84. The summed E-state index contributed by atoms with van der Waals surface area (Å²) >= 11 is 0. The molecule has 0 aliphatic carbocycles. The summed E-state index contributed by atoms with van der Waals surface area (Å²) in [5, 5.41) is 8.86. The maximum atomic E-state index is 11.7. The van der Waals surface area contributed by atoms with Crippen molar-refractivity contribution in [1.82, 2.24) is 0 Å². The van der Waals surface area contributed by atoms with Gasteiger partial charge in [-0.25, -0.2) is 0 Å². The van der Waals surface area contributed by atoms with E-state index in [0.717, 1.165) is 5.56 Å². The lowest BCUT2D eigenvalue weighted by molar-refractivity contribution is 0.664. The van der Waals surface area contributed by atoms with E-state index in [1.807, 2.05) is 32.0 Å². The molecule has 0 saturated heterocycles. The Balaban J connectivity index is 2.73. The zero-order valence-corrected chi connectivity index (χ0v) is 9.88. The number of hydrogen-bond donors (Lipinski definition) is 0. The van der Waals surface area contributed by atoms with E-state index in [1.165, 1.54) is 0 Å². The molecule has 0 saturated carbocycles. The fourth-order valence-corrected chi connectivity index (χ4v) is 2.82. The normalized spacial score (nSPS) is 12.4. The fraction of sp³-hybridized carbons (Fsp3) is 0.417. The van der Waals surface area contributed by atoms with Crippen LogP contribution in [0.1, 0.15) is 25.0 Å². The minimum absolute atomic E-state index is 0.431. The zero-order valence-electron chi connectivity index (χ0n) is 9.06. The molecular weight excluding hydrogens is 206 g/mol. The predicted molar refractivity (Wildman–Crippen MR) is 62.7 cm³/mol. The fourth-order valence-electron chi connectivity index (χ4n) is 1.36. The van der Waals surface area contributed by atoms with Crippen LogP contribution in [0.15, 0.2) is 24.3 Å². The lowest BCUT2D eigenvalue weighted by Gasteiger charge is -2.06. The van der Waals surface area contributed by atoms with Crippen LogP contribution in [0.2, 0.25) is 0 Å². The van der Waals surface area contributed by atoms with Crippen molar-refractivity contribution in [3.8, 4) is 6.07 Å². The average Bonchev–Trinajstić information content (AvgIpc) is 2.17. The molecule has 0 aliphatic rings. The maximum Gasteiger partial charge on any atom is 0.0994 e. The van der Waals surface area contributed by atoms with Crippen molar-refractivity contribution in [3.05, 3.63) is 35.4 Å². The van der Waals surface area contributed by atoms with E-state index in [4.69, 9.17) is 5.26 Å². The van der Waals surface area contributed by atoms with E-state index in [0.29, 0.717) is 23.0 Å². The molecule has 1 rings (SSSR count). The average molecular weight is 221 g/mol. The molecule has 1 atom stereocenters. The van der Waals surface area contributed by atoms with Gasteiger partial charge in [0, 0.05) is 22.3 Å². The molecule has 1 aromatic rings. The van der Waals surface area contributed by atoms with Crippen molar-refractivity contribution in [3.63, 3.8) is 0 Å². The first-order valence-electron chi connectivity index (χ1n) is 4.96. The van der Waals surface area contributed by atoms with Gasteiger partial charge in [-0.3, -0.25) is 4.21 Å². The summed E-state index contributed by atoms with van der Waals surface area (Å²) in [6.45, 7) is 4.10. The van der Waals surface area contributed by atoms with Crippen LogP contribution in [0.5, 0.6) is 0 Å². The van der Waals surface area contributed by atoms with Gasteiger partial charge in [-0.2, -0.15) is 5.26 Å². The van der Waals surface area contributed by atoms with Crippen molar-refractivity contribution < 1.29 is 4.21 Å². The van der Waals surface area contributed by atoms with Crippen LogP contribution in [-0.2, 0) is 16.6 Å². The first kappa shape index (κ1) is 11.9. The van der Waals surface area contributed by atoms with Gasteiger partial charge >= 0.3 is 0 Å². The van der Waals surface area contributed by atoms with Gasteiger partial charge in [-0.05, 0) is 17.5 Å². The van der Waals surface area contributed by atoms with Gasteiger partial charge in [0.05, 0.1) is 11.6 Å². The van der Waals surface area contributed by atoms with Gasteiger partial charge in [0.15, 0.2) is 0 Å². The Morgan fingerprint density at radius 3 is 2.67 bits per heavy atom. The molecule has 0 spiro atoms. The second kappa shape index (κ2) is 5.67. The SMILES string of the molecule is CC(C)CS(=O)Cc1ccccc1C#N. The first-order chi connectivity index (χ1) is 7.13. The molecule has 0 amide bonds. The summed E-state index contributed by atoms with van der Waals surface area (Å²) in [5.41, 5.74) is 1.52. The van der Waals surface area contributed by atoms with E-state index in [2.05, 4.69) is 6.07 Å². The number of nitrogens with zero attached hydrogens (tertiary/aromatic N) is 1. The van der Waals surface area contributed by atoms with Crippen molar-refractivity contribution >= 4 is 10.8 Å². The molecule has 0 N–H and O–H groups in total. The third-order valence-corrected chi connectivity index (χ3v) is 3.64. The highest BCUT2D eigenvalue weighted by Crippen LogP contribution is 2.11. The minimum Gasteiger partial charge on any atom is -0.259 e. The Bertz CT molecular complexity index is 393. The van der Waals surface area contributed by atoms with Gasteiger partial charge in [0.1, 0.15) is 0 Å². The van der Waals surface area contributed by atoms with E-state index in [9.17, 15) is 4.21 Å². The van der Waals surface area contributed by atoms with Gasteiger partial charge < -0.3 is 0 Å². The second-order valence-electron chi connectivity index (χ2n) is 3.91. The number of benzene rings is 1. The Labute approximate surface area is 93.4 Å². The molecule has 0 bridgehead atoms. The van der Waals surface area contributed by atoms with Crippen molar-refractivity contribution in [2.45, 2.75) is 19.6 Å². The Morgan fingerprint density at radius 2 is 2.07 bits per heavy atom. The maximum absolute atomic E-state index is 11.7. The van der Waals surface area contributed by atoms with Crippen LogP contribution >= 0.6 is 0 Å². The molecular formula is C12H15NOS. The van der Waals surface area contributed by atoms with Gasteiger partial charge in [0.25, 0.3) is 0 Å². The molecule has 1 aromatic carbocycles. The van der Waals surface area contributed by atoms with Gasteiger partial charge in [-0.15, -0.1) is 0 Å². The van der Waals surface area contributed by atoms with Crippen LogP contribution in [-0.4, -0.2) is 9.96 Å². The molecule has 0 radical (unpaired) electrons. The van der Waals surface area contributed by atoms with Crippen molar-refractivity contribution in [2.24, 2.45) is 5.92 Å². The van der Waals surface area contributed by atoms with E-state index >= 15 is 0 Å². The highest BCUT2D eigenvalue weighted by atomic mass is 32.2. The molecule has 15 heavy (non-hydrogen) atoms. The van der Waals surface area contributed by atoms with E-state index in [-0.39, 0.29) is 0 Å². The quantitative estimate of drug-likeness (QED) is 0.783. The van der Waals surface area contributed by atoms with E-state index in [1.54, 1.807) is 6.07 Å². The minimum atomic E-state index is -0.864. The topological polar surface area (TPSA) is 40.9 Å². The molecule has 0 aromatic heterocycles. The van der Waals surface area contributed by atoms with Crippen LogP contribution in [0.25, 0.3) is 0 Å². The lowest BCUT2D eigenvalue weighted by Crippen LogP contribution is -2.07. The number of rotatable bonds is 4. The summed E-state index contributed by atoms with van der Waals surface area (Å²) in [4.78, 5) is 0. The predicted octanol–water partition coefficient (Wildman–Crippen LogP) is 2.46. The van der Waals surface area contributed by atoms with Crippen LogP contribution in [0.3, 0.4) is 0 Å². The van der Waals surface area contributed by atoms with Crippen LogP contribution < -0.4 is 0 Å². The molecule has 0 fully saturated rings. The number of hydrogen-bond acceptors (Lipinski definition) is 2. The number of nitriles is 1. The molecule has 0 aliphatic heterocycles. The molecule has 0 heterocycles. The standard InChI is InChI=1S/C12H15NOS/c1-10(2)8-15(14)9-12-6-4-3-5-11(12)7-13/h3-6,10H,8-9H2,1-2H3. The summed E-state index contributed by atoms with van der Waals surface area (Å²) in [7, 11) is -0.864. The largest absolute Gasteiger partial charge is 0.259 e. The monoisotopic (exact) mass is 221 g/mol. The summed E-state index contributed by atoms with van der Waals surface area (Å²) in [5.74, 6) is 1.61. The summed E-state index contributed by atoms with van der Waals surface area (Å²) < 4.78 is 11.7. The molecule has 3 heteroatoms. The third kappa shape index (κ3) is 3.85. The lowest BCUT2D eigenvalue weighted by atomic mass is 10.1. The smallest absolute Gasteiger partial charge is 0.0994 e. The third-order valence-electron chi connectivity index (χ3n) is 1.97. The Kier molecular flexibility index (Phi) is 4.51. The van der Waals surface area contributed by atoms with Crippen LogP contribution in [0, 0.1) is 17.2 Å². The van der Waals surface area contributed by atoms with Crippen molar-refractivity contribution in [1.29, 1.82) is 5.26 Å². The van der Waals surface area contributed by atoms with Gasteiger partial charge in [0.2, 0.25) is 0 Å². The molecule has 80 valence electrons. The first-order valence-corrected chi connectivity index (χ1v) is 6.45. The summed E-state index contributed by atoms with van der Waals surface area (Å²) in [6, 6.07) is 9.46. The van der Waals surface area contributed by atoms with E-state index < -0.39 is 10.8 Å². The van der Waals surface area contributed by atoms with Gasteiger partial charge in [-0.1, -0.05) is 32.0 Å². The molecule has 1 unspecified atom stereocenters. The Hall–Kier alpha value is -1.14. The second-order valence-corrected chi connectivity index (χ2v) is 5.42. The highest BCUT2D eigenvalue weighted by Gasteiger charge is 2.07. The zero-order chi connectivity index (χ0) is 11.3. The van der Waals surface area contributed by atoms with Crippen LogP contribution in [0.4, 0.5) is 0 Å². The van der Waals surface area contributed by atoms with Crippen molar-refractivity contribution in [2.75, 3.05) is 5.75 Å². The Morgan fingerprint density at radius 1 is 1.40 bits per heavy atom. The molecule has 2 nitrogen and oxygen atoms in total.